The Morgan fingerprint density at radius 1 is 0.977 bits per heavy atom. The Balaban J connectivity index is 1.31. The number of aromatic hydroxyl groups is 1. The highest BCUT2D eigenvalue weighted by atomic mass is 16.5. The quantitative estimate of drug-likeness (QED) is 0.317. The van der Waals surface area contributed by atoms with Crippen molar-refractivity contribution in [1.82, 2.24) is 10.2 Å². The highest BCUT2D eigenvalue weighted by molar-refractivity contribution is 5.97. The number of aryl methyl sites for hydroxylation is 1. The zero-order chi connectivity index (χ0) is 29.8. The monoisotopic (exact) mass is 578 g/mol. The van der Waals surface area contributed by atoms with Gasteiger partial charge in [0.1, 0.15) is 28.7 Å². The van der Waals surface area contributed by atoms with E-state index in [9.17, 15) is 14.7 Å². The first kappa shape index (κ1) is 28.2. The Morgan fingerprint density at radius 3 is 2.51 bits per heavy atom. The number of hydrogen-bond acceptors (Lipinski definition) is 6. The van der Waals surface area contributed by atoms with E-state index in [1.165, 1.54) is 6.07 Å². The maximum atomic E-state index is 13.7. The second-order valence-corrected chi connectivity index (χ2v) is 10.8. The fraction of sp³-hybridized carbons (Fsp3) is 0.257. The Morgan fingerprint density at radius 2 is 1.72 bits per heavy atom. The summed E-state index contributed by atoms with van der Waals surface area (Å²) in [6.45, 7) is 1.38. The van der Waals surface area contributed by atoms with Crippen molar-refractivity contribution in [2.45, 2.75) is 31.7 Å². The standard InChI is InChI=1S/C35H34N2O6/c1-41-26-8-3-23(4-9-26)5-16-33(39)37-19-17-25-21-28-12-14-30(25)34(37)24-6-10-27(11-7-24)42-20-2-18-36-35(40)31-22-29(43-28)13-15-32(31)38/h3-4,6-15,21-22,34,38H,2,5,16-20H2,1H3,(H,36,40). The van der Waals surface area contributed by atoms with Crippen LogP contribution in [0, 0.1) is 0 Å². The third-order valence-corrected chi connectivity index (χ3v) is 7.97. The van der Waals surface area contributed by atoms with Crippen LogP contribution in [0.25, 0.3) is 0 Å². The fourth-order valence-corrected chi connectivity index (χ4v) is 5.68. The van der Waals surface area contributed by atoms with E-state index < -0.39 is 0 Å². The lowest BCUT2D eigenvalue weighted by atomic mass is 9.87. The predicted octanol–water partition coefficient (Wildman–Crippen LogP) is 5.81. The van der Waals surface area contributed by atoms with E-state index in [4.69, 9.17) is 14.2 Å². The average molecular weight is 579 g/mol. The highest BCUT2D eigenvalue weighted by Crippen LogP contribution is 2.39. The van der Waals surface area contributed by atoms with Gasteiger partial charge in [-0.3, -0.25) is 9.59 Å². The number of carbonyl (C=O) groups excluding carboxylic acids is 2. The van der Waals surface area contributed by atoms with Crippen LogP contribution in [-0.4, -0.2) is 48.6 Å². The number of hydrogen-bond donors (Lipinski definition) is 2. The van der Waals surface area contributed by atoms with Crippen molar-refractivity contribution in [3.05, 3.63) is 113 Å². The van der Waals surface area contributed by atoms with Gasteiger partial charge in [-0.05, 0) is 96.1 Å². The van der Waals surface area contributed by atoms with Crippen LogP contribution in [0.2, 0.25) is 0 Å². The number of amides is 2. The molecule has 0 fully saturated rings. The SMILES string of the molecule is COc1ccc(CCC(=O)N2CCc3cc4ccc3C2c2ccc(cc2)OCCCNC(=O)c2cc(ccc2O)O4)cc1. The predicted molar refractivity (Wildman–Crippen MR) is 162 cm³/mol. The Kier molecular flexibility index (Phi) is 8.18. The first-order valence-electron chi connectivity index (χ1n) is 14.6. The number of rotatable bonds is 4. The summed E-state index contributed by atoms with van der Waals surface area (Å²) in [4.78, 5) is 28.4. The third-order valence-electron chi connectivity index (χ3n) is 7.97. The number of phenols is 1. The number of benzene rings is 4. The molecule has 0 spiro atoms. The van der Waals surface area contributed by atoms with Gasteiger partial charge in [0.2, 0.25) is 5.91 Å². The molecule has 0 saturated carbocycles. The number of ether oxygens (including phenoxy) is 3. The van der Waals surface area contributed by atoms with Crippen LogP contribution >= 0.6 is 0 Å². The van der Waals surface area contributed by atoms with Crippen LogP contribution in [0.1, 0.15) is 51.5 Å². The minimum Gasteiger partial charge on any atom is -0.507 e. The van der Waals surface area contributed by atoms with Crippen molar-refractivity contribution < 1.29 is 28.9 Å². The number of carbonyl (C=O) groups is 2. The minimum atomic E-state index is -0.379. The number of methoxy groups -OCH3 is 1. The van der Waals surface area contributed by atoms with Gasteiger partial charge in [0.15, 0.2) is 0 Å². The second kappa shape index (κ2) is 12.5. The van der Waals surface area contributed by atoms with E-state index in [0.717, 1.165) is 33.8 Å². The summed E-state index contributed by atoms with van der Waals surface area (Å²) < 4.78 is 17.3. The summed E-state index contributed by atoms with van der Waals surface area (Å²) in [5, 5.41) is 13.1. The highest BCUT2D eigenvalue weighted by Gasteiger charge is 2.32. The van der Waals surface area contributed by atoms with Crippen LogP contribution in [0.5, 0.6) is 28.7 Å². The summed E-state index contributed by atoms with van der Waals surface area (Å²) in [6, 6.07) is 26.0. The molecular formula is C35H34N2O6. The van der Waals surface area contributed by atoms with Crippen LogP contribution in [0.3, 0.4) is 0 Å². The van der Waals surface area contributed by atoms with E-state index in [1.54, 1.807) is 19.2 Å². The van der Waals surface area contributed by atoms with Crippen molar-refractivity contribution in [3.8, 4) is 28.7 Å². The minimum absolute atomic E-state index is 0.0966. The number of nitrogens with zero attached hydrogens (tertiary/aromatic N) is 1. The largest absolute Gasteiger partial charge is 0.507 e. The van der Waals surface area contributed by atoms with E-state index >= 15 is 0 Å². The molecule has 1 atom stereocenters. The van der Waals surface area contributed by atoms with Crippen molar-refractivity contribution >= 4 is 11.8 Å². The normalized spacial score (nSPS) is 16.3. The molecule has 43 heavy (non-hydrogen) atoms. The first-order chi connectivity index (χ1) is 21.0. The van der Waals surface area contributed by atoms with E-state index in [-0.39, 0.29) is 29.2 Å². The van der Waals surface area contributed by atoms with Crippen molar-refractivity contribution in [1.29, 1.82) is 0 Å². The molecule has 8 bridgehead atoms. The van der Waals surface area contributed by atoms with E-state index in [2.05, 4.69) is 5.32 Å². The second-order valence-electron chi connectivity index (χ2n) is 10.8. The Bertz CT molecular complexity index is 1620. The molecule has 0 aromatic heterocycles. The lowest BCUT2D eigenvalue weighted by molar-refractivity contribution is -0.133. The molecule has 8 nitrogen and oxygen atoms in total. The maximum absolute atomic E-state index is 13.7. The molecule has 8 heteroatoms. The van der Waals surface area contributed by atoms with Gasteiger partial charge in [-0.15, -0.1) is 0 Å². The third kappa shape index (κ3) is 6.28. The Hall–Kier alpha value is -4.98. The van der Waals surface area contributed by atoms with Gasteiger partial charge in [0.25, 0.3) is 5.91 Å². The van der Waals surface area contributed by atoms with Crippen LogP contribution in [0.4, 0.5) is 0 Å². The van der Waals surface area contributed by atoms with Gasteiger partial charge in [0.05, 0.1) is 25.3 Å². The Labute approximate surface area is 250 Å². The van der Waals surface area contributed by atoms with Crippen molar-refractivity contribution in [3.63, 3.8) is 0 Å². The number of phenolic OH excluding ortho intramolecular Hbond substituents is 1. The molecule has 0 radical (unpaired) electrons. The molecule has 4 aromatic carbocycles. The molecule has 9 rings (SSSR count). The van der Waals surface area contributed by atoms with Crippen LogP contribution < -0.4 is 19.5 Å². The summed E-state index contributed by atoms with van der Waals surface area (Å²) in [6.07, 6.45) is 2.32. The zero-order valence-electron chi connectivity index (χ0n) is 24.0. The molecule has 2 N–H and O–H groups in total. The van der Waals surface area contributed by atoms with Gasteiger partial charge in [-0.2, -0.15) is 0 Å². The zero-order valence-corrected chi connectivity index (χ0v) is 24.0. The van der Waals surface area contributed by atoms with Crippen LogP contribution in [-0.2, 0) is 17.6 Å². The first-order valence-corrected chi connectivity index (χ1v) is 14.6. The van der Waals surface area contributed by atoms with E-state index in [0.29, 0.717) is 56.9 Å². The molecule has 5 aliphatic heterocycles. The molecular weight excluding hydrogens is 544 g/mol. The van der Waals surface area contributed by atoms with Gasteiger partial charge in [0, 0.05) is 19.5 Å². The molecule has 220 valence electrons. The van der Waals surface area contributed by atoms with E-state index in [1.807, 2.05) is 71.6 Å². The number of nitrogens with one attached hydrogen (secondary N) is 1. The summed E-state index contributed by atoms with van der Waals surface area (Å²) in [5.41, 5.74) is 4.39. The average Bonchev–Trinajstić information content (AvgIpc) is 3.04. The van der Waals surface area contributed by atoms with Gasteiger partial charge < -0.3 is 29.5 Å². The molecule has 0 saturated heterocycles. The van der Waals surface area contributed by atoms with Gasteiger partial charge >= 0.3 is 0 Å². The molecule has 5 aliphatic rings. The topological polar surface area (TPSA) is 97.3 Å². The van der Waals surface area contributed by atoms with Crippen molar-refractivity contribution in [2.24, 2.45) is 0 Å². The van der Waals surface area contributed by atoms with Gasteiger partial charge in [-0.25, -0.2) is 0 Å². The molecule has 4 aromatic rings. The lowest BCUT2D eigenvalue weighted by Gasteiger charge is -2.38. The fourth-order valence-electron chi connectivity index (χ4n) is 5.68. The van der Waals surface area contributed by atoms with Crippen LogP contribution in [0.15, 0.2) is 84.9 Å². The van der Waals surface area contributed by atoms with Crippen molar-refractivity contribution in [2.75, 3.05) is 26.8 Å². The summed E-state index contributed by atoms with van der Waals surface area (Å²) in [5.74, 6) is 2.18. The summed E-state index contributed by atoms with van der Waals surface area (Å²) >= 11 is 0. The van der Waals surface area contributed by atoms with Gasteiger partial charge in [-0.1, -0.05) is 30.3 Å². The molecule has 1 unspecified atom stereocenters. The smallest absolute Gasteiger partial charge is 0.255 e. The molecule has 2 amide bonds. The maximum Gasteiger partial charge on any atom is 0.255 e. The molecule has 0 aliphatic carbocycles. The lowest BCUT2D eigenvalue weighted by Crippen LogP contribution is -2.40. The molecule has 5 heterocycles. The summed E-state index contributed by atoms with van der Waals surface area (Å²) in [7, 11) is 1.64.